The van der Waals surface area contributed by atoms with Crippen LogP contribution in [0.5, 0.6) is 0 Å². The molecule has 124 valence electrons. The van der Waals surface area contributed by atoms with Crippen LogP contribution in [0.15, 0.2) is 28.8 Å². The lowest BCUT2D eigenvalue weighted by atomic mass is 9.96. The molecule has 23 heavy (non-hydrogen) atoms. The number of amides is 1. The van der Waals surface area contributed by atoms with Gasteiger partial charge >= 0.3 is 0 Å². The number of carbonyl (C=O) groups excluding carboxylic acids is 1. The number of rotatable bonds is 5. The number of benzene rings is 1. The van der Waals surface area contributed by atoms with Gasteiger partial charge in [0.25, 0.3) is 11.8 Å². The quantitative estimate of drug-likeness (QED) is 0.884. The molecule has 1 amide bonds. The summed E-state index contributed by atoms with van der Waals surface area (Å²) in [5.74, 6) is 0.698. The van der Waals surface area contributed by atoms with Gasteiger partial charge < -0.3 is 14.9 Å². The minimum absolute atomic E-state index is 0.0295. The van der Waals surface area contributed by atoms with Crippen molar-refractivity contribution in [1.82, 2.24) is 15.5 Å². The van der Waals surface area contributed by atoms with Gasteiger partial charge in [0.05, 0.1) is 11.1 Å². The summed E-state index contributed by atoms with van der Waals surface area (Å²) in [4.78, 5) is 16.9. The van der Waals surface area contributed by atoms with Crippen molar-refractivity contribution in [3.05, 3.63) is 35.7 Å². The van der Waals surface area contributed by atoms with Crippen LogP contribution in [-0.4, -0.2) is 33.8 Å². The van der Waals surface area contributed by atoms with Crippen LogP contribution in [0, 0.1) is 0 Å². The highest BCUT2D eigenvalue weighted by atomic mass is 16.5. The van der Waals surface area contributed by atoms with E-state index in [9.17, 15) is 4.79 Å². The third-order valence-corrected chi connectivity index (χ3v) is 3.44. The molecule has 1 unspecified atom stereocenters. The summed E-state index contributed by atoms with van der Waals surface area (Å²) in [6.45, 7) is 7.87. The number of carbonyl (C=O) groups is 1. The van der Waals surface area contributed by atoms with Gasteiger partial charge in [0.1, 0.15) is 0 Å². The summed E-state index contributed by atoms with van der Waals surface area (Å²) in [7, 11) is 0. The van der Waals surface area contributed by atoms with Crippen molar-refractivity contribution in [2.45, 2.75) is 45.6 Å². The van der Waals surface area contributed by atoms with Crippen LogP contribution >= 0.6 is 0 Å². The molecule has 0 spiro atoms. The minimum atomic E-state index is -0.228. The zero-order chi connectivity index (χ0) is 17.0. The summed E-state index contributed by atoms with van der Waals surface area (Å²) >= 11 is 0. The molecule has 0 aliphatic carbocycles. The molecule has 2 aromatic rings. The number of hydrogen-bond acceptors (Lipinski definition) is 5. The number of nitrogens with one attached hydrogen (secondary N) is 1. The first-order valence-electron chi connectivity index (χ1n) is 7.68. The summed E-state index contributed by atoms with van der Waals surface area (Å²) in [6.07, 6.45) is 0.503. The SMILES string of the molecule is CC(CCO)NC(=O)c1ccccc1-c1nc(C(C)(C)C)no1. The van der Waals surface area contributed by atoms with Crippen LogP contribution in [0.3, 0.4) is 0 Å². The van der Waals surface area contributed by atoms with E-state index in [4.69, 9.17) is 9.63 Å². The van der Waals surface area contributed by atoms with Gasteiger partial charge in [-0.15, -0.1) is 0 Å². The lowest BCUT2D eigenvalue weighted by molar-refractivity contribution is 0.0935. The second-order valence-corrected chi connectivity index (χ2v) is 6.61. The fourth-order valence-electron chi connectivity index (χ4n) is 2.07. The molecule has 0 saturated heterocycles. The van der Waals surface area contributed by atoms with E-state index in [-0.39, 0.29) is 24.0 Å². The molecule has 1 atom stereocenters. The predicted molar refractivity (Wildman–Crippen MR) is 87.1 cm³/mol. The van der Waals surface area contributed by atoms with E-state index in [1.807, 2.05) is 33.8 Å². The van der Waals surface area contributed by atoms with Crippen molar-refractivity contribution in [3.63, 3.8) is 0 Å². The first-order valence-corrected chi connectivity index (χ1v) is 7.68. The van der Waals surface area contributed by atoms with Crippen molar-refractivity contribution in [2.75, 3.05) is 6.61 Å². The average molecular weight is 317 g/mol. The highest BCUT2D eigenvalue weighted by Crippen LogP contribution is 2.26. The Morgan fingerprint density at radius 1 is 1.35 bits per heavy atom. The van der Waals surface area contributed by atoms with Gasteiger partial charge in [0, 0.05) is 18.1 Å². The van der Waals surface area contributed by atoms with Crippen molar-refractivity contribution in [2.24, 2.45) is 0 Å². The maximum absolute atomic E-state index is 12.4. The molecule has 0 aliphatic rings. The Hall–Kier alpha value is -2.21. The van der Waals surface area contributed by atoms with Crippen LogP contribution in [0.4, 0.5) is 0 Å². The second kappa shape index (κ2) is 6.91. The standard InChI is InChI=1S/C17H23N3O3/c1-11(9-10-21)18-14(22)12-7-5-6-8-13(12)15-19-16(20-23-15)17(2,3)4/h5-8,11,21H,9-10H2,1-4H3,(H,18,22). The van der Waals surface area contributed by atoms with E-state index in [0.717, 1.165) is 0 Å². The molecule has 1 heterocycles. The average Bonchev–Trinajstić information content (AvgIpc) is 2.97. The zero-order valence-electron chi connectivity index (χ0n) is 14.0. The van der Waals surface area contributed by atoms with E-state index in [2.05, 4.69) is 15.5 Å². The summed E-state index contributed by atoms with van der Waals surface area (Å²) in [6, 6.07) is 7.00. The normalized spacial score (nSPS) is 12.9. The third-order valence-electron chi connectivity index (χ3n) is 3.44. The monoisotopic (exact) mass is 317 g/mol. The lowest BCUT2D eigenvalue weighted by Crippen LogP contribution is -2.33. The fraction of sp³-hybridized carbons (Fsp3) is 0.471. The van der Waals surface area contributed by atoms with Crippen LogP contribution in [0.25, 0.3) is 11.5 Å². The largest absolute Gasteiger partial charge is 0.396 e. The molecular formula is C17H23N3O3. The Bertz CT molecular complexity index is 674. The molecule has 1 aromatic carbocycles. The summed E-state index contributed by atoms with van der Waals surface area (Å²) < 4.78 is 5.34. The third kappa shape index (κ3) is 4.16. The van der Waals surface area contributed by atoms with Crippen LogP contribution in [-0.2, 0) is 5.41 Å². The van der Waals surface area contributed by atoms with Crippen molar-refractivity contribution < 1.29 is 14.4 Å². The van der Waals surface area contributed by atoms with Crippen molar-refractivity contribution >= 4 is 5.91 Å². The zero-order valence-corrected chi connectivity index (χ0v) is 14.0. The molecule has 0 aliphatic heterocycles. The minimum Gasteiger partial charge on any atom is -0.396 e. The Morgan fingerprint density at radius 2 is 2.04 bits per heavy atom. The molecular weight excluding hydrogens is 294 g/mol. The molecule has 2 N–H and O–H groups in total. The van der Waals surface area contributed by atoms with Gasteiger partial charge in [0.15, 0.2) is 5.82 Å². The molecule has 0 radical (unpaired) electrons. The first kappa shape index (κ1) is 17.1. The number of nitrogens with zero attached hydrogens (tertiary/aromatic N) is 2. The maximum atomic E-state index is 12.4. The van der Waals surface area contributed by atoms with Crippen molar-refractivity contribution in [3.8, 4) is 11.5 Å². The lowest BCUT2D eigenvalue weighted by Gasteiger charge is -2.13. The molecule has 0 bridgehead atoms. The van der Waals surface area contributed by atoms with Gasteiger partial charge in [-0.25, -0.2) is 0 Å². The molecule has 0 saturated carbocycles. The van der Waals surface area contributed by atoms with Crippen LogP contribution in [0.1, 0.15) is 50.3 Å². The molecule has 6 heteroatoms. The molecule has 1 aromatic heterocycles. The second-order valence-electron chi connectivity index (χ2n) is 6.61. The number of aliphatic hydroxyl groups excluding tert-OH is 1. The van der Waals surface area contributed by atoms with Gasteiger partial charge in [-0.1, -0.05) is 38.1 Å². The first-order chi connectivity index (χ1) is 10.8. The molecule has 6 nitrogen and oxygen atoms in total. The van der Waals surface area contributed by atoms with Gasteiger partial charge in [-0.2, -0.15) is 4.98 Å². The summed E-state index contributed by atoms with van der Waals surface area (Å²) in [5, 5.41) is 15.8. The summed E-state index contributed by atoms with van der Waals surface area (Å²) in [5.41, 5.74) is 0.847. The Labute approximate surface area is 135 Å². The van der Waals surface area contributed by atoms with E-state index >= 15 is 0 Å². The van der Waals surface area contributed by atoms with E-state index in [1.165, 1.54) is 0 Å². The van der Waals surface area contributed by atoms with Crippen LogP contribution < -0.4 is 5.32 Å². The Kier molecular flexibility index (Phi) is 5.15. The Balaban J connectivity index is 2.31. The number of aliphatic hydroxyl groups is 1. The van der Waals surface area contributed by atoms with E-state index < -0.39 is 0 Å². The number of aromatic nitrogens is 2. The topological polar surface area (TPSA) is 88.2 Å². The highest BCUT2D eigenvalue weighted by Gasteiger charge is 2.23. The molecule has 2 rings (SSSR count). The van der Waals surface area contributed by atoms with Gasteiger partial charge in [-0.3, -0.25) is 4.79 Å². The van der Waals surface area contributed by atoms with E-state index in [1.54, 1.807) is 18.2 Å². The van der Waals surface area contributed by atoms with Crippen molar-refractivity contribution in [1.29, 1.82) is 0 Å². The highest BCUT2D eigenvalue weighted by molar-refractivity contribution is 6.00. The number of hydrogen-bond donors (Lipinski definition) is 2. The van der Waals surface area contributed by atoms with Gasteiger partial charge in [0.2, 0.25) is 0 Å². The molecule has 0 fully saturated rings. The van der Waals surface area contributed by atoms with E-state index in [0.29, 0.717) is 29.3 Å². The Morgan fingerprint density at radius 3 is 2.65 bits per heavy atom. The maximum Gasteiger partial charge on any atom is 0.258 e. The smallest absolute Gasteiger partial charge is 0.258 e. The van der Waals surface area contributed by atoms with Gasteiger partial charge in [-0.05, 0) is 25.5 Å². The predicted octanol–water partition coefficient (Wildman–Crippen LogP) is 2.53. The fourth-order valence-corrected chi connectivity index (χ4v) is 2.07. The van der Waals surface area contributed by atoms with Crippen LogP contribution in [0.2, 0.25) is 0 Å².